The van der Waals surface area contributed by atoms with Crippen LogP contribution in [0.5, 0.6) is 0 Å². The van der Waals surface area contributed by atoms with Gasteiger partial charge in [0.25, 0.3) is 5.91 Å². The molecule has 138 valence electrons. The largest absolute Gasteiger partial charge is 0.449 e. The Hall–Kier alpha value is -2.68. The minimum atomic E-state index is -1.79. The van der Waals surface area contributed by atoms with Crippen molar-refractivity contribution < 1.29 is 36.3 Å². The van der Waals surface area contributed by atoms with Gasteiger partial charge >= 0.3 is 5.97 Å². The first-order valence-electron chi connectivity index (χ1n) is 6.91. The molecule has 4 nitrogen and oxygen atoms in total. The molecule has 0 bridgehead atoms. The predicted octanol–water partition coefficient (Wildman–Crippen LogP) is 4.22. The second-order valence-corrected chi connectivity index (χ2v) is 5.41. The number of carbonyl (C=O) groups excluding carboxylic acids is 2. The van der Waals surface area contributed by atoms with E-state index < -0.39 is 63.3 Å². The minimum Gasteiger partial charge on any atom is -0.449 e. The number of esters is 1. The van der Waals surface area contributed by atoms with Gasteiger partial charge in [-0.2, -0.15) is 0 Å². The molecule has 2 rings (SSSR count). The maximum absolute atomic E-state index is 13.5. The number of hydrogen-bond donors (Lipinski definition) is 1. The fourth-order valence-electron chi connectivity index (χ4n) is 1.81. The molecule has 0 unspecified atom stereocenters. The normalized spacial score (nSPS) is 11.8. The van der Waals surface area contributed by atoms with Gasteiger partial charge in [-0.05, 0) is 31.2 Å². The third-order valence-corrected chi connectivity index (χ3v) is 3.49. The monoisotopic (exact) mass is 393 g/mol. The van der Waals surface area contributed by atoms with Crippen molar-refractivity contribution in [3.05, 3.63) is 63.9 Å². The average Bonchev–Trinajstić information content (AvgIpc) is 2.58. The van der Waals surface area contributed by atoms with Gasteiger partial charge in [-0.1, -0.05) is 11.6 Å². The van der Waals surface area contributed by atoms with Crippen LogP contribution in [0.1, 0.15) is 17.3 Å². The molecule has 0 saturated heterocycles. The van der Waals surface area contributed by atoms with Crippen molar-refractivity contribution in [1.29, 1.82) is 0 Å². The summed E-state index contributed by atoms with van der Waals surface area (Å²) in [5.74, 6) is -9.85. The lowest BCUT2D eigenvalue weighted by Crippen LogP contribution is -2.30. The zero-order valence-corrected chi connectivity index (χ0v) is 13.6. The first-order valence-corrected chi connectivity index (χ1v) is 7.29. The molecule has 0 radical (unpaired) electrons. The van der Waals surface area contributed by atoms with E-state index in [1.165, 1.54) is 0 Å². The highest BCUT2D eigenvalue weighted by atomic mass is 35.5. The zero-order chi connectivity index (χ0) is 19.6. The second kappa shape index (κ2) is 7.69. The molecule has 1 amide bonds. The Morgan fingerprint density at radius 1 is 1.00 bits per heavy atom. The molecule has 0 spiro atoms. The van der Waals surface area contributed by atoms with Crippen LogP contribution in [-0.2, 0) is 9.53 Å². The van der Waals surface area contributed by atoms with Crippen molar-refractivity contribution in [3.63, 3.8) is 0 Å². The van der Waals surface area contributed by atoms with Gasteiger partial charge in [-0.15, -0.1) is 0 Å². The molecule has 2 aromatic carbocycles. The van der Waals surface area contributed by atoms with Gasteiger partial charge in [-0.3, -0.25) is 4.79 Å². The number of ether oxygens (including phenoxy) is 1. The lowest BCUT2D eigenvalue weighted by atomic mass is 10.2. The van der Waals surface area contributed by atoms with E-state index in [2.05, 4.69) is 0 Å². The Bertz CT molecular complexity index is 891. The van der Waals surface area contributed by atoms with Gasteiger partial charge in [0.1, 0.15) is 0 Å². The lowest BCUT2D eigenvalue weighted by molar-refractivity contribution is -0.123. The second-order valence-electron chi connectivity index (χ2n) is 5.01. The standard InChI is InChI=1S/C16H9ClF5NO3/c1-6(15(24)23-12-3-2-9(18)13(21)14(12)22)26-16(25)7-4-10(19)11(20)5-8(7)17/h2-6H,1H3,(H,23,24)/t6-/m1/s1. The lowest BCUT2D eigenvalue weighted by Gasteiger charge is -2.14. The van der Waals surface area contributed by atoms with E-state index in [4.69, 9.17) is 16.3 Å². The van der Waals surface area contributed by atoms with Crippen molar-refractivity contribution in [2.24, 2.45) is 0 Å². The Balaban J connectivity index is 2.11. The van der Waals surface area contributed by atoms with Crippen molar-refractivity contribution in [3.8, 4) is 0 Å². The Labute approximate surface area is 148 Å². The van der Waals surface area contributed by atoms with Crippen LogP contribution in [0.15, 0.2) is 24.3 Å². The summed E-state index contributed by atoms with van der Waals surface area (Å²) in [6, 6.07) is 2.40. The van der Waals surface area contributed by atoms with E-state index in [0.717, 1.165) is 13.0 Å². The Morgan fingerprint density at radius 3 is 2.27 bits per heavy atom. The minimum absolute atomic E-state index is 0.451. The van der Waals surface area contributed by atoms with E-state index >= 15 is 0 Å². The molecule has 0 aliphatic heterocycles. The summed E-state index contributed by atoms with van der Waals surface area (Å²) in [6.07, 6.45) is -1.54. The van der Waals surface area contributed by atoms with Gasteiger partial charge in [0.05, 0.1) is 16.3 Å². The highest BCUT2D eigenvalue weighted by Gasteiger charge is 2.24. The van der Waals surface area contributed by atoms with Crippen LogP contribution in [-0.4, -0.2) is 18.0 Å². The van der Waals surface area contributed by atoms with Crippen LogP contribution in [0, 0.1) is 29.1 Å². The van der Waals surface area contributed by atoms with E-state index in [1.54, 1.807) is 0 Å². The average molecular weight is 394 g/mol. The molecular weight excluding hydrogens is 385 g/mol. The van der Waals surface area contributed by atoms with Gasteiger partial charge in [0, 0.05) is 0 Å². The van der Waals surface area contributed by atoms with Gasteiger partial charge in [-0.25, -0.2) is 26.7 Å². The molecular formula is C16H9ClF5NO3. The quantitative estimate of drug-likeness (QED) is 0.366. The number of carbonyl (C=O) groups is 2. The SMILES string of the molecule is C[C@@H](OC(=O)c1cc(F)c(F)cc1Cl)C(=O)Nc1ccc(F)c(F)c1F. The van der Waals surface area contributed by atoms with E-state index in [0.29, 0.717) is 18.2 Å². The summed E-state index contributed by atoms with van der Waals surface area (Å²) in [5.41, 5.74) is -1.22. The van der Waals surface area contributed by atoms with Crippen molar-refractivity contribution in [2.75, 3.05) is 5.32 Å². The first-order chi connectivity index (χ1) is 12.1. The molecule has 0 fully saturated rings. The van der Waals surface area contributed by atoms with Crippen LogP contribution >= 0.6 is 11.6 Å². The zero-order valence-electron chi connectivity index (χ0n) is 12.9. The summed E-state index contributed by atoms with van der Waals surface area (Å²) < 4.78 is 70.4. The van der Waals surface area contributed by atoms with Crippen molar-refractivity contribution in [2.45, 2.75) is 13.0 Å². The number of hydrogen-bond acceptors (Lipinski definition) is 3. The van der Waals surface area contributed by atoms with Gasteiger partial charge < -0.3 is 10.1 Å². The molecule has 0 aliphatic carbocycles. The fraction of sp³-hybridized carbons (Fsp3) is 0.125. The Kier molecular flexibility index (Phi) is 5.81. The van der Waals surface area contributed by atoms with Crippen LogP contribution in [0.25, 0.3) is 0 Å². The van der Waals surface area contributed by atoms with E-state index in [9.17, 15) is 31.5 Å². The Morgan fingerprint density at radius 2 is 1.62 bits per heavy atom. The molecule has 1 N–H and O–H groups in total. The molecule has 0 saturated carbocycles. The van der Waals surface area contributed by atoms with Crippen LogP contribution < -0.4 is 5.32 Å². The molecule has 0 heterocycles. The number of halogens is 6. The molecule has 2 aromatic rings. The van der Waals surface area contributed by atoms with Crippen molar-refractivity contribution in [1.82, 2.24) is 0 Å². The highest BCUT2D eigenvalue weighted by Crippen LogP contribution is 2.22. The van der Waals surface area contributed by atoms with Gasteiger partial charge in [0.2, 0.25) is 0 Å². The topological polar surface area (TPSA) is 55.4 Å². The number of amides is 1. The summed E-state index contributed by atoms with van der Waals surface area (Å²) in [7, 11) is 0. The van der Waals surface area contributed by atoms with Crippen LogP contribution in [0.4, 0.5) is 27.6 Å². The molecule has 26 heavy (non-hydrogen) atoms. The summed E-state index contributed by atoms with van der Waals surface area (Å²) in [6.45, 7) is 1.08. The first kappa shape index (κ1) is 19.6. The van der Waals surface area contributed by atoms with Crippen LogP contribution in [0.3, 0.4) is 0 Å². The maximum Gasteiger partial charge on any atom is 0.340 e. The number of anilines is 1. The van der Waals surface area contributed by atoms with Crippen molar-refractivity contribution >= 4 is 29.2 Å². The smallest absolute Gasteiger partial charge is 0.340 e. The molecule has 1 atom stereocenters. The summed E-state index contributed by atoms with van der Waals surface area (Å²) >= 11 is 5.61. The third-order valence-electron chi connectivity index (χ3n) is 3.18. The molecule has 0 aromatic heterocycles. The molecule has 10 heteroatoms. The molecule has 0 aliphatic rings. The van der Waals surface area contributed by atoms with E-state index in [1.807, 2.05) is 5.32 Å². The number of benzene rings is 2. The number of rotatable bonds is 4. The maximum atomic E-state index is 13.5. The third kappa shape index (κ3) is 4.10. The number of nitrogens with one attached hydrogen (secondary N) is 1. The summed E-state index contributed by atoms with van der Waals surface area (Å²) in [5, 5.41) is 1.45. The fourth-order valence-corrected chi connectivity index (χ4v) is 2.04. The summed E-state index contributed by atoms with van der Waals surface area (Å²) in [4.78, 5) is 23.8. The van der Waals surface area contributed by atoms with E-state index in [-0.39, 0.29) is 0 Å². The highest BCUT2D eigenvalue weighted by molar-refractivity contribution is 6.33. The van der Waals surface area contributed by atoms with Gasteiger partial charge in [0.15, 0.2) is 35.2 Å². The van der Waals surface area contributed by atoms with Crippen LogP contribution in [0.2, 0.25) is 5.02 Å². The predicted molar refractivity (Wildman–Crippen MR) is 81.2 cm³/mol.